The first-order chi connectivity index (χ1) is 6.72. The summed E-state index contributed by atoms with van der Waals surface area (Å²) in [5.41, 5.74) is 0.245. The fourth-order valence-corrected chi connectivity index (χ4v) is 3.05. The third-order valence-corrected chi connectivity index (χ3v) is 4.28. The van der Waals surface area contributed by atoms with Crippen molar-refractivity contribution in [3.63, 3.8) is 0 Å². The minimum Gasteiger partial charge on any atom is -0.309 e. The Morgan fingerprint density at radius 1 is 1.57 bits per heavy atom. The highest BCUT2D eigenvalue weighted by molar-refractivity contribution is 7.98. The van der Waals surface area contributed by atoms with Crippen molar-refractivity contribution in [2.75, 3.05) is 24.4 Å². The maximum absolute atomic E-state index is 6.11. The molecule has 14 heavy (non-hydrogen) atoms. The first kappa shape index (κ1) is 12.7. The number of rotatable bonds is 5. The molecule has 1 aliphatic rings. The molecule has 2 atom stereocenters. The molecule has 3 heteroatoms. The highest BCUT2D eigenvalue weighted by Gasteiger charge is 2.33. The Labute approximate surface area is 97.4 Å². The number of halogens is 1. The molecule has 2 unspecified atom stereocenters. The summed E-state index contributed by atoms with van der Waals surface area (Å²) in [6, 6.07) is 0. The van der Waals surface area contributed by atoms with Crippen LogP contribution in [0.25, 0.3) is 0 Å². The highest BCUT2D eigenvalue weighted by atomic mass is 35.5. The van der Waals surface area contributed by atoms with Crippen molar-refractivity contribution in [2.45, 2.75) is 38.1 Å². The van der Waals surface area contributed by atoms with E-state index in [1.54, 1.807) is 0 Å². The van der Waals surface area contributed by atoms with Gasteiger partial charge in [0.25, 0.3) is 0 Å². The molecule has 0 spiro atoms. The van der Waals surface area contributed by atoms with Crippen LogP contribution in [0, 0.1) is 5.92 Å². The van der Waals surface area contributed by atoms with Gasteiger partial charge in [-0.2, -0.15) is 11.8 Å². The summed E-state index contributed by atoms with van der Waals surface area (Å²) in [6.07, 6.45) is 7.38. The van der Waals surface area contributed by atoms with Gasteiger partial charge >= 0.3 is 0 Å². The molecule has 1 aliphatic carbocycles. The van der Waals surface area contributed by atoms with E-state index in [0.29, 0.717) is 0 Å². The first-order valence-corrected chi connectivity index (χ1v) is 7.45. The average molecular weight is 236 g/mol. The number of alkyl halides is 1. The van der Waals surface area contributed by atoms with Crippen LogP contribution in [0.15, 0.2) is 0 Å². The van der Waals surface area contributed by atoms with E-state index in [0.717, 1.165) is 18.3 Å². The van der Waals surface area contributed by atoms with E-state index in [4.69, 9.17) is 11.6 Å². The summed E-state index contributed by atoms with van der Waals surface area (Å²) >= 11 is 8.01. The molecule has 0 aromatic heterocycles. The highest BCUT2D eigenvalue weighted by Crippen LogP contribution is 2.33. The Kier molecular flexibility index (Phi) is 5.65. The summed E-state index contributed by atoms with van der Waals surface area (Å²) in [6.45, 7) is 3.44. The molecule has 1 saturated carbocycles. The molecule has 0 radical (unpaired) electrons. The van der Waals surface area contributed by atoms with Gasteiger partial charge in [-0.05, 0) is 25.0 Å². The first-order valence-electron chi connectivity index (χ1n) is 5.52. The van der Waals surface area contributed by atoms with Crippen molar-refractivity contribution in [1.82, 2.24) is 5.32 Å². The summed E-state index contributed by atoms with van der Waals surface area (Å²) in [4.78, 5) is 0. The largest absolute Gasteiger partial charge is 0.309 e. The molecular weight excluding hydrogens is 214 g/mol. The minimum atomic E-state index is 0.245. The lowest BCUT2D eigenvalue weighted by Crippen LogP contribution is -2.50. The topological polar surface area (TPSA) is 12.0 Å². The van der Waals surface area contributed by atoms with Crippen LogP contribution in [0.1, 0.15) is 32.6 Å². The molecule has 1 N–H and O–H groups in total. The zero-order valence-electron chi connectivity index (χ0n) is 9.31. The van der Waals surface area contributed by atoms with E-state index in [9.17, 15) is 0 Å². The second kappa shape index (κ2) is 6.24. The predicted molar refractivity (Wildman–Crippen MR) is 67.5 cm³/mol. The van der Waals surface area contributed by atoms with E-state index in [1.807, 2.05) is 11.8 Å². The number of hydrogen-bond acceptors (Lipinski definition) is 2. The van der Waals surface area contributed by atoms with Crippen molar-refractivity contribution in [1.29, 1.82) is 0 Å². The third kappa shape index (κ3) is 3.63. The van der Waals surface area contributed by atoms with Gasteiger partial charge in [-0.1, -0.05) is 19.8 Å². The fourth-order valence-electron chi connectivity index (χ4n) is 2.41. The van der Waals surface area contributed by atoms with Crippen LogP contribution in [0.4, 0.5) is 0 Å². The molecule has 0 bridgehead atoms. The lowest BCUT2D eigenvalue weighted by atomic mass is 9.77. The third-order valence-electron chi connectivity index (χ3n) is 3.15. The van der Waals surface area contributed by atoms with Crippen molar-refractivity contribution in [3.8, 4) is 0 Å². The lowest BCUT2D eigenvalue weighted by Gasteiger charge is -2.39. The zero-order valence-corrected chi connectivity index (χ0v) is 10.9. The molecule has 0 aromatic carbocycles. The second-order valence-electron chi connectivity index (χ2n) is 4.54. The standard InChI is InChI=1S/C11H22ClNS/c1-10-4-3-5-11(8-10,9-12)13-6-7-14-2/h10,13H,3-9H2,1-2H3. The predicted octanol–water partition coefficient (Wildman–Crippen LogP) is 3.13. The van der Waals surface area contributed by atoms with Gasteiger partial charge in [0, 0.05) is 23.7 Å². The summed E-state index contributed by atoms with van der Waals surface area (Å²) < 4.78 is 0. The molecular formula is C11H22ClNS. The van der Waals surface area contributed by atoms with Gasteiger partial charge in [0.2, 0.25) is 0 Å². The van der Waals surface area contributed by atoms with Crippen LogP contribution < -0.4 is 5.32 Å². The maximum Gasteiger partial charge on any atom is 0.0406 e. The smallest absolute Gasteiger partial charge is 0.0406 e. The Hall–Kier alpha value is 0.600. The Bertz CT molecular complexity index is 165. The fraction of sp³-hybridized carbons (Fsp3) is 1.00. The average Bonchev–Trinajstić information content (AvgIpc) is 2.18. The molecule has 0 amide bonds. The molecule has 84 valence electrons. The Balaban J connectivity index is 2.39. The van der Waals surface area contributed by atoms with E-state index in [1.165, 1.54) is 31.4 Å². The van der Waals surface area contributed by atoms with Crippen molar-refractivity contribution in [3.05, 3.63) is 0 Å². The van der Waals surface area contributed by atoms with Gasteiger partial charge in [-0.15, -0.1) is 11.6 Å². The van der Waals surface area contributed by atoms with Gasteiger partial charge in [-0.25, -0.2) is 0 Å². The van der Waals surface area contributed by atoms with Crippen LogP contribution in [-0.2, 0) is 0 Å². The molecule has 1 rings (SSSR count). The molecule has 0 heterocycles. The van der Waals surface area contributed by atoms with Gasteiger partial charge in [0.05, 0.1) is 0 Å². The Morgan fingerprint density at radius 2 is 2.36 bits per heavy atom. The van der Waals surface area contributed by atoms with Crippen LogP contribution in [0.5, 0.6) is 0 Å². The second-order valence-corrected chi connectivity index (χ2v) is 5.79. The SMILES string of the molecule is CSCCNC1(CCl)CCCC(C)C1. The van der Waals surface area contributed by atoms with Crippen molar-refractivity contribution < 1.29 is 0 Å². The normalized spacial score (nSPS) is 33.2. The van der Waals surface area contributed by atoms with E-state index in [-0.39, 0.29) is 5.54 Å². The van der Waals surface area contributed by atoms with Gasteiger partial charge in [-0.3, -0.25) is 0 Å². The van der Waals surface area contributed by atoms with Crippen LogP contribution >= 0.6 is 23.4 Å². The molecule has 1 fully saturated rings. The summed E-state index contributed by atoms with van der Waals surface area (Å²) in [5.74, 6) is 2.79. The van der Waals surface area contributed by atoms with Crippen LogP contribution in [0.2, 0.25) is 0 Å². The lowest BCUT2D eigenvalue weighted by molar-refractivity contribution is 0.213. The minimum absolute atomic E-state index is 0.245. The summed E-state index contributed by atoms with van der Waals surface area (Å²) in [5, 5.41) is 3.66. The Morgan fingerprint density at radius 3 is 2.93 bits per heavy atom. The van der Waals surface area contributed by atoms with Crippen LogP contribution in [0.3, 0.4) is 0 Å². The summed E-state index contributed by atoms with van der Waals surface area (Å²) in [7, 11) is 0. The van der Waals surface area contributed by atoms with E-state index < -0.39 is 0 Å². The molecule has 1 nitrogen and oxygen atoms in total. The number of nitrogens with one attached hydrogen (secondary N) is 1. The van der Waals surface area contributed by atoms with Gasteiger partial charge in [0.1, 0.15) is 0 Å². The quantitative estimate of drug-likeness (QED) is 0.581. The number of hydrogen-bond donors (Lipinski definition) is 1. The molecule has 0 aliphatic heterocycles. The van der Waals surface area contributed by atoms with Crippen molar-refractivity contribution in [2.24, 2.45) is 5.92 Å². The maximum atomic E-state index is 6.11. The zero-order chi connectivity index (χ0) is 10.4. The molecule has 0 saturated heterocycles. The van der Waals surface area contributed by atoms with Crippen molar-refractivity contribution >= 4 is 23.4 Å². The molecule has 0 aromatic rings. The van der Waals surface area contributed by atoms with Gasteiger partial charge in [0.15, 0.2) is 0 Å². The van der Waals surface area contributed by atoms with E-state index in [2.05, 4.69) is 18.5 Å². The van der Waals surface area contributed by atoms with Gasteiger partial charge < -0.3 is 5.32 Å². The number of thioether (sulfide) groups is 1. The van der Waals surface area contributed by atoms with Crippen LogP contribution in [-0.4, -0.2) is 30.0 Å². The monoisotopic (exact) mass is 235 g/mol. The van der Waals surface area contributed by atoms with E-state index >= 15 is 0 Å².